The molecule has 0 bridgehead atoms. The molecule has 1 aliphatic heterocycles. The molecule has 0 radical (unpaired) electrons. The van der Waals surface area contributed by atoms with Crippen molar-refractivity contribution in [3.05, 3.63) is 22.6 Å². The van der Waals surface area contributed by atoms with E-state index in [2.05, 4.69) is 4.98 Å². The lowest BCUT2D eigenvalue weighted by Gasteiger charge is -2.12. The Balaban J connectivity index is 1.91. The SMILES string of the molecule is NNC(=O)C1CCC(Cn2cnc([N+](=O)[O-])c2)O1. The number of carbonyl (C=O) groups excluding carboxylic acids is 1. The summed E-state index contributed by atoms with van der Waals surface area (Å²) in [7, 11) is 0. The molecule has 9 heteroatoms. The van der Waals surface area contributed by atoms with Crippen molar-refractivity contribution in [1.82, 2.24) is 15.0 Å². The van der Waals surface area contributed by atoms with Crippen LogP contribution in [-0.2, 0) is 16.1 Å². The zero-order chi connectivity index (χ0) is 13.1. The standard InChI is InChI=1S/C9H13N5O4/c10-12-9(15)7-2-1-6(18-7)3-13-4-8(11-5-13)14(16)17/h4-7H,1-3,10H2,(H,12,15). The number of ether oxygens (including phenoxy) is 1. The minimum atomic E-state index is -0.559. The molecule has 2 heterocycles. The molecule has 2 unspecified atom stereocenters. The average molecular weight is 255 g/mol. The molecule has 0 aromatic carbocycles. The third-order valence-corrected chi connectivity index (χ3v) is 2.76. The van der Waals surface area contributed by atoms with Crippen LogP contribution in [0, 0.1) is 10.1 Å². The molecule has 3 N–H and O–H groups in total. The fraction of sp³-hybridized carbons (Fsp3) is 0.556. The fourth-order valence-electron chi connectivity index (χ4n) is 1.90. The molecule has 18 heavy (non-hydrogen) atoms. The van der Waals surface area contributed by atoms with E-state index >= 15 is 0 Å². The van der Waals surface area contributed by atoms with Crippen LogP contribution in [-0.4, -0.2) is 32.6 Å². The van der Waals surface area contributed by atoms with Gasteiger partial charge in [-0.3, -0.25) is 10.2 Å². The normalized spacial score (nSPS) is 22.9. The van der Waals surface area contributed by atoms with Crippen molar-refractivity contribution in [2.75, 3.05) is 0 Å². The van der Waals surface area contributed by atoms with E-state index in [1.54, 1.807) is 4.57 Å². The summed E-state index contributed by atoms with van der Waals surface area (Å²) in [4.78, 5) is 24.8. The first-order valence-electron chi connectivity index (χ1n) is 5.42. The molecule has 1 amide bonds. The molecule has 0 spiro atoms. The lowest BCUT2D eigenvalue weighted by molar-refractivity contribution is -0.389. The molecule has 1 saturated heterocycles. The van der Waals surface area contributed by atoms with Gasteiger partial charge in [-0.15, -0.1) is 0 Å². The molecule has 2 rings (SSSR count). The van der Waals surface area contributed by atoms with Gasteiger partial charge < -0.3 is 19.4 Å². The lowest BCUT2D eigenvalue weighted by atomic mass is 10.2. The Hall–Kier alpha value is -2.00. The van der Waals surface area contributed by atoms with Crippen LogP contribution in [0.3, 0.4) is 0 Å². The number of rotatable bonds is 4. The number of carbonyl (C=O) groups is 1. The van der Waals surface area contributed by atoms with Crippen LogP contribution in [0.2, 0.25) is 0 Å². The smallest absolute Gasteiger partial charge is 0.363 e. The topological polar surface area (TPSA) is 125 Å². The Bertz CT molecular complexity index is 460. The van der Waals surface area contributed by atoms with Gasteiger partial charge in [0, 0.05) is 0 Å². The molecule has 0 saturated carbocycles. The highest BCUT2D eigenvalue weighted by molar-refractivity contribution is 5.80. The van der Waals surface area contributed by atoms with Gasteiger partial charge in [0.2, 0.25) is 6.33 Å². The van der Waals surface area contributed by atoms with Crippen LogP contribution < -0.4 is 11.3 Å². The van der Waals surface area contributed by atoms with Crippen LogP contribution >= 0.6 is 0 Å². The van der Waals surface area contributed by atoms with Crippen LogP contribution in [0.15, 0.2) is 12.5 Å². The Morgan fingerprint density at radius 3 is 3.11 bits per heavy atom. The number of hydrogen-bond acceptors (Lipinski definition) is 6. The van der Waals surface area contributed by atoms with Gasteiger partial charge in [0.25, 0.3) is 5.91 Å². The molecule has 98 valence electrons. The van der Waals surface area contributed by atoms with Crippen LogP contribution in [0.1, 0.15) is 12.8 Å². The van der Waals surface area contributed by atoms with E-state index in [0.717, 1.165) is 0 Å². The molecule has 1 aliphatic rings. The zero-order valence-electron chi connectivity index (χ0n) is 9.48. The number of imidazole rings is 1. The van der Waals surface area contributed by atoms with Crippen molar-refractivity contribution < 1.29 is 14.5 Å². The Morgan fingerprint density at radius 1 is 1.72 bits per heavy atom. The van der Waals surface area contributed by atoms with E-state index in [9.17, 15) is 14.9 Å². The van der Waals surface area contributed by atoms with E-state index in [4.69, 9.17) is 10.6 Å². The first-order chi connectivity index (χ1) is 8.60. The number of amides is 1. The predicted octanol–water partition coefficient (Wildman–Crippen LogP) is -0.671. The number of aromatic nitrogens is 2. The predicted molar refractivity (Wildman–Crippen MR) is 59.1 cm³/mol. The maximum Gasteiger partial charge on any atom is 0.381 e. The van der Waals surface area contributed by atoms with Crippen molar-refractivity contribution in [3.8, 4) is 0 Å². The number of nitrogens with one attached hydrogen (secondary N) is 1. The summed E-state index contributed by atoms with van der Waals surface area (Å²) >= 11 is 0. The Morgan fingerprint density at radius 2 is 2.50 bits per heavy atom. The van der Waals surface area contributed by atoms with E-state index in [1.807, 2.05) is 5.43 Å². The average Bonchev–Trinajstić information content (AvgIpc) is 2.98. The van der Waals surface area contributed by atoms with Gasteiger partial charge in [0.05, 0.1) is 12.6 Å². The first kappa shape index (κ1) is 12.5. The molecule has 0 aliphatic carbocycles. The molecule has 9 nitrogen and oxygen atoms in total. The maximum absolute atomic E-state index is 11.2. The molecule has 1 aromatic heterocycles. The largest absolute Gasteiger partial charge is 0.381 e. The van der Waals surface area contributed by atoms with Crippen molar-refractivity contribution in [3.63, 3.8) is 0 Å². The third kappa shape index (κ3) is 2.63. The highest BCUT2D eigenvalue weighted by Crippen LogP contribution is 2.21. The van der Waals surface area contributed by atoms with E-state index < -0.39 is 11.0 Å². The quantitative estimate of drug-likeness (QED) is 0.318. The van der Waals surface area contributed by atoms with Gasteiger partial charge in [-0.05, 0) is 22.7 Å². The van der Waals surface area contributed by atoms with Crippen LogP contribution in [0.5, 0.6) is 0 Å². The highest BCUT2D eigenvalue weighted by Gasteiger charge is 2.30. The summed E-state index contributed by atoms with van der Waals surface area (Å²) in [6.45, 7) is 0.426. The van der Waals surface area contributed by atoms with Gasteiger partial charge >= 0.3 is 5.82 Å². The summed E-state index contributed by atoms with van der Waals surface area (Å²) in [5, 5.41) is 10.5. The number of nitrogens with zero attached hydrogens (tertiary/aromatic N) is 3. The van der Waals surface area contributed by atoms with E-state index in [1.165, 1.54) is 12.5 Å². The monoisotopic (exact) mass is 255 g/mol. The number of nitro groups is 1. The zero-order valence-corrected chi connectivity index (χ0v) is 9.48. The minimum Gasteiger partial charge on any atom is -0.363 e. The summed E-state index contributed by atoms with van der Waals surface area (Å²) in [6, 6.07) is 0. The van der Waals surface area contributed by atoms with Gasteiger partial charge in [0.1, 0.15) is 12.3 Å². The molecular weight excluding hydrogens is 242 g/mol. The number of hydrazine groups is 1. The van der Waals surface area contributed by atoms with E-state index in [0.29, 0.717) is 19.4 Å². The Labute approximate surface area is 102 Å². The molecule has 2 atom stereocenters. The second-order valence-corrected chi connectivity index (χ2v) is 4.02. The summed E-state index contributed by atoms with van der Waals surface area (Å²) in [5.41, 5.74) is 2.04. The van der Waals surface area contributed by atoms with E-state index in [-0.39, 0.29) is 17.8 Å². The van der Waals surface area contributed by atoms with Crippen molar-refractivity contribution >= 4 is 11.7 Å². The number of hydrogen-bond donors (Lipinski definition) is 2. The minimum absolute atomic E-state index is 0.166. The second kappa shape index (κ2) is 5.10. The van der Waals surface area contributed by atoms with Crippen molar-refractivity contribution in [2.24, 2.45) is 5.84 Å². The summed E-state index contributed by atoms with van der Waals surface area (Å²) in [5.74, 6) is 4.46. The van der Waals surface area contributed by atoms with Crippen molar-refractivity contribution in [1.29, 1.82) is 0 Å². The Kier molecular flexibility index (Phi) is 3.53. The van der Waals surface area contributed by atoms with Gasteiger partial charge in [0.15, 0.2) is 0 Å². The third-order valence-electron chi connectivity index (χ3n) is 2.76. The maximum atomic E-state index is 11.2. The first-order valence-corrected chi connectivity index (χ1v) is 5.42. The summed E-state index contributed by atoms with van der Waals surface area (Å²) in [6.07, 6.45) is 3.28. The summed E-state index contributed by atoms with van der Waals surface area (Å²) < 4.78 is 7.05. The number of nitrogens with two attached hydrogens (primary N) is 1. The van der Waals surface area contributed by atoms with Gasteiger partial charge in [-0.1, -0.05) is 0 Å². The highest BCUT2D eigenvalue weighted by atomic mass is 16.6. The molecule has 1 aromatic rings. The van der Waals surface area contributed by atoms with Crippen LogP contribution in [0.4, 0.5) is 5.82 Å². The fourth-order valence-corrected chi connectivity index (χ4v) is 1.90. The molecular formula is C9H13N5O4. The van der Waals surface area contributed by atoms with Gasteiger partial charge in [-0.25, -0.2) is 5.84 Å². The van der Waals surface area contributed by atoms with Crippen LogP contribution in [0.25, 0.3) is 0 Å². The lowest BCUT2D eigenvalue weighted by Crippen LogP contribution is -2.39. The molecule has 1 fully saturated rings. The van der Waals surface area contributed by atoms with Gasteiger partial charge in [-0.2, -0.15) is 0 Å². The van der Waals surface area contributed by atoms with Crippen molar-refractivity contribution in [2.45, 2.75) is 31.6 Å². The second-order valence-electron chi connectivity index (χ2n) is 4.02.